The number of sulfone groups is 1. The van der Waals surface area contributed by atoms with Crippen LogP contribution in [0.5, 0.6) is 5.75 Å². The predicted octanol–water partition coefficient (Wildman–Crippen LogP) is 4.42. The number of carbonyl (C=O) groups is 1. The van der Waals surface area contributed by atoms with Crippen molar-refractivity contribution >= 4 is 27.3 Å². The minimum Gasteiger partial charge on any atom is -0.496 e. The first-order valence-electron chi connectivity index (χ1n) is 9.72. The molecule has 0 aliphatic heterocycles. The van der Waals surface area contributed by atoms with Crippen LogP contribution in [0.15, 0.2) is 47.4 Å². The van der Waals surface area contributed by atoms with E-state index in [0.29, 0.717) is 21.2 Å². The van der Waals surface area contributed by atoms with Crippen LogP contribution in [0, 0.1) is 12.8 Å². The molecule has 2 aromatic carbocycles. The molecule has 1 saturated carbocycles. The van der Waals surface area contributed by atoms with Crippen molar-refractivity contribution in [3.05, 3.63) is 58.6 Å². The summed E-state index contributed by atoms with van der Waals surface area (Å²) in [5.41, 5.74) is 1.39. The van der Waals surface area contributed by atoms with Crippen LogP contribution in [0.4, 0.5) is 0 Å². The lowest BCUT2D eigenvalue weighted by Gasteiger charge is -2.29. The Morgan fingerprint density at radius 2 is 1.86 bits per heavy atom. The molecule has 0 saturated heterocycles. The maximum atomic E-state index is 12.7. The van der Waals surface area contributed by atoms with Crippen molar-refractivity contribution in [3.8, 4) is 5.75 Å². The van der Waals surface area contributed by atoms with Crippen LogP contribution in [0.3, 0.4) is 0 Å². The van der Waals surface area contributed by atoms with Gasteiger partial charge in [0.05, 0.1) is 23.3 Å². The van der Waals surface area contributed by atoms with Gasteiger partial charge in [-0.25, -0.2) is 8.42 Å². The van der Waals surface area contributed by atoms with E-state index in [4.69, 9.17) is 16.3 Å². The second kappa shape index (κ2) is 9.18. The number of methoxy groups -OCH3 is 1. The quantitative estimate of drug-likeness (QED) is 0.728. The first kappa shape index (κ1) is 21.7. The fraction of sp³-hybridized carbons (Fsp3) is 0.409. The molecule has 156 valence electrons. The monoisotopic (exact) mass is 435 g/mol. The summed E-state index contributed by atoms with van der Waals surface area (Å²) < 4.78 is 30.6. The summed E-state index contributed by atoms with van der Waals surface area (Å²) >= 11 is 5.95. The summed E-state index contributed by atoms with van der Waals surface area (Å²) in [5.74, 6) is 0.503. The number of nitrogens with one attached hydrogen (secondary N) is 1. The van der Waals surface area contributed by atoms with Gasteiger partial charge in [0.2, 0.25) is 0 Å². The normalized spacial score (nSPS) is 19.6. The Morgan fingerprint density at radius 3 is 2.52 bits per heavy atom. The highest BCUT2D eigenvalue weighted by molar-refractivity contribution is 7.91. The third-order valence-electron chi connectivity index (χ3n) is 5.39. The summed E-state index contributed by atoms with van der Waals surface area (Å²) in [6.07, 6.45) is 3.06. The molecular formula is C22H26ClNO4S. The largest absolute Gasteiger partial charge is 0.496 e. The zero-order valence-corrected chi connectivity index (χ0v) is 18.2. The number of amides is 1. The minimum atomic E-state index is -3.30. The number of carbonyl (C=O) groups excluding carboxylic acids is 1. The Balaban J connectivity index is 1.56. The van der Waals surface area contributed by atoms with Crippen LogP contribution in [0.1, 0.15) is 41.6 Å². The molecule has 1 amide bonds. The summed E-state index contributed by atoms with van der Waals surface area (Å²) in [4.78, 5) is 13.0. The molecule has 1 fully saturated rings. The number of halogens is 1. The first-order valence-corrected chi connectivity index (χ1v) is 11.8. The summed E-state index contributed by atoms with van der Waals surface area (Å²) in [6, 6.07) is 12.0. The van der Waals surface area contributed by atoms with E-state index >= 15 is 0 Å². The van der Waals surface area contributed by atoms with Gasteiger partial charge in [-0.05, 0) is 74.4 Å². The van der Waals surface area contributed by atoms with E-state index in [1.165, 1.54) is 7.11 Å². The van der Waals surface area contributed by atoms with Gasteiger partial charge in [-0.3, -0.25) is 4.79 Å². The zero-order valence-electron chi connectivity index (χ0n) is 16.7. The van der Waals surface area contributed by atoms with Crippen LogP contribution in [-0.4, -0.2) is 33.2 Å². The van der Waals surface area contributed by atoms with Gasteiger partial charge in [-0.15, -0.1) is 0 Å². The third kappa shape index (κ3) is 5.52. The highest BCUT2D eigenvalue weighted by Gasteiger charge is 2.28. The first-order chi connectivity index (χ1) is 13.8. The average molecular weight is 436 g/mol. The van der Waals surface area contributed by atoms with Crippen LogP contribution in [0.25, 0.3) is 0 Å². The van der Waals surface area contributed by atoms with Crippen LogP contribution in [0.2, 0.25) is 5.02 Å². The third-order valence-corrected chi connectivity index (χ3v) is 7.51. The van der Waals surface area contributed by atoms with E-state index in [9.17, 15) is 13.2 Å². The van der Waals surface area contributed by atoms with E-state index in [1.807, 2.05) is 13.0 Å². The maximum Gasteiger partial charge on any atom is 0.255 e. The van der Waals surface area contributed by atoms with E-state index in [1.54, 1.807) is 36.4 Å². The zero-order chi connectivity index (χ0) is 21.0. The Morgan fingerprint density at radius 1 is 1.14 bits per heavy atom. The van der Waals surface area contributed by atoms with Crippen LogP contribution < -0.4 is 10.1 Å². The van der Waals surface area contributed by atoms with Gasteiger partial charge in [-0.1, -0.05) is 23.7 Å². The van der Waals surface area contributed by atoms with Crippen molar-refractivity contribution in [1.82, 2.24) is 5.32 Å². The van der Waals surface area contributed by atoms with E-state index < -0.39 is 9.84 Å². The average Bonchev–Trinajstić information content (AvgIpc) is 2.69. The molecule has 3 rings (SSSR count). The molecule has 1 aliphatic rings. The van der Waals surface area contributed by atoms with E-state index in [-0.39, 0.29) is 23.6 Å². The summed E-state index contributed by atoms with van der Waals surface area (Å²) in [7, 11) is -1.79. The lowest BCUT2D eigenvalue weighted by molar-refractivity contribution is 0.0920. The molecule has 5 nitrogen and oxygen atoms in total. The van der Waals surface area contributed by atoms with Crippen molar-refractivity contribution < 1.29 is 17.9 Å². The van der Waals surface area contributed by atoms with Gasteiger partial charge in [0.15, 0.2) is 9.84 Å². The van der Waals surface area contributed by atoms with E-state index in [2.05, 4.69) is 5.32 Å². The molecule has 0 unspecified atom stereocenters. The van der Waals surface area contributed by atoms with Crippen LogP contribution >= 0.6 is 11.6 Å². The molecular weight excluding hydrogens is 410 g/mol. The maximum absolute atomic E-state index is 12.7. The minimum absolute atomic E-state index is 0.0285. The standard InChI is InChI=1S/C22H26ClNO4S/c1-15-4-3-5-19(12-15)29(26,27)14-16-6-9-18(10-7-16)24-22(25)20-11-8-17(23)13-21(20)28-2/h3-5,8,11-13,16,18H,6-7,9-10,14H2,1-2H3,(H,24,25)/t16-,18+. The molecule has 2 aromatic rings. The van der Waals surface area contributed by atoms with Gasteiger partial charge < -0.3 is 10.1 Å². The molecule has 1 N–H and O–H groups in total. The second-order valence-electron chi connectivity index (χ2n) is 7.63. The second-order valence-corrected chi connectivity index (χ2v) is 10.1. The Hall–Kier alpha value is -2.05. The summed E-state index contributed by atoms with van der Waals surface area (Å²) in [6.45, 7) is 1.89. The fourth-order valence-electron chi connectivity index (χ4n) is 3.80. The van der Waals surface area contributed by atoms with Gasteiger partial charge in [0.1, 0.15) is 5.75 Å². The SMILES string of the molecule is COc1cc(Cl)ccc1C(=O)N[C@H]1CC[C@@H](CS(=O)(=O)c2cccc(C)c2)CC1. The summed E-state index contributed by atoms with van der Waals surface area (Å²) in [5, 5.41) is 3.55. The topological polar surface area (TPSA) is 72.5 Å². The molecule has 1 aliphatic carbocycles. The Kier molecular flexibility index (Phi) is 6.85. The van der Waals surface area contributed by atoms with Crippen molar-refractivity contribution in [3.63, 3.8) is 0 Å². The smallest absolute Gasteiger partial charge is 0.255 e. The number of hydrogen-bond donors (Lipinski definition) is 1. The highest BCUT2D eigenvalue weighted by Crippen LogP contribution is 2.29. The van der Waals surface area contributed by atoms with Crippen molar-refractivity contribution in [2.24, 2.45) is 5.92 Å². The van der Waals surface area contributed by atoms with Crippen molar-refractivity contribution in [2.45, 2.75) is 43.5 Å². The number of benzene rings is 2. The Labute approximate surface area is 177 Å². The van der Waals surface area contributed by atoms with Gasteiger partial charge in [0.25, 0.3) is 5.91 Å². The van der Waals surface area contributed by atoms with Crippen molar-refractivity contribution in [1.29, 1.82) is 0 Å². The molecule has 0 spiro atoms. The fourth-order valence-corrected chi connectivity index (χ4v) is 5.76. The molecule has 29 heavy (non-hydrogen) atoms. The van der Waals surface area contributed by atoms with Crippen LogP contribution in [-0.2, 0) is 9.84 Å². The van der Waals surface area contributed by atoms with Gasteiger partial charge in [0, 0.05) is 11.1 Å². The number of rotatable bonds is 6. The number of ether oxygens (including phenoxy) is 1. The number of hydrogen-bond acceptors (Lipinski definition) is 4. The predicted molar refractivity (Wildman–Crippen MR) is 114 cm³/mol. The molecule has 0 bridgehead atoms. The molecule has 0 radical (unpaired) electrons. The molecule has 7 heteroatoms. The highest BCUT2D eigenvalue weighted by atomic mass is 35.5. The lowest BCUT2D eigenvalue weighted by atomic mass is 9.87. The molecule has 0 aromatic heterocycles. The lowest BCUT2D eigenvalue weighted by Crippen LogP contribution is -2.38. The van der Waals surface area contributed by atoms with Gasteiger partial charge in [-0.2, -0.15) is 0 Å². The molecule has 0 atom stereocenters. The molecule has 0 heterocycles. The number of aryl methyl sites for hydroxylation is 1. The van der Waals surface area contributed by atoms with Crippen molar-refractivity contribution in [2.75, 3.05) is 12.9 Å². The van der Waals surface area contributed by atoms with E-state index in [0.717, 1.165) is 31.2 Å². The van der Waals surface area contributed by atoms with Gasteiger partial charge >= 0.3 is 0 Å². The Bertz CT molecular complexity index is 982.